The molecule has 13 nitrogen and oxygen atoms in total. The van der Waals surface area contributed by atoms with Crippen LogP contribution < -0.4 is 0 Å². The fourth-order valence-electron chi connectivity index (χ4n) is 2.78. The summed E-state index contributed by atoms with van der Waals surface area (Å²) in [4.78, 5) is 0. The van der Waals surface area contributed by atoms with Gasteiger partial charge in [-0.2, -0.15) is 0 Å². The summed E-state index contributed by atoms with van der Waals surface area (Å²) in [6, 6.07) is 0. The van der Waals surface area contributed by atoms with Gasteiger partial charge < -0.3 is 64.5 Å². The highest BCUT2D eigenvalue weighted by molar-refractivity contribution is 4.89. The van der Waals surface area contributed by atoms with Crippen LogP contribution in [0.4, 0.5) is 0 Å². The third-order valence-electron chi connectivity index (χ3n) is 4.49. The summed E-state index contributed by atoms with van der Waals surface area (Å²) in [6.07, 6.45) is -14.2. The Kier molecular flexibility index (Phi) is 9.36. The van der Waals surface area contributed by atoms with Crippen molar-refractivity contribution in [2.24, 2.45) is 0 Å². The van der Waals surface area contributed by atoms with Gasteiger partial charge in [0.05, 0.1) is 26.4 Å². The predicted molar refractivity (Wildman–Crippen MR) is 85.4 cm³/mol. The van der Waals surface area contributed by atoms with E-state index in [2.05, 4.69) is 0 Å². The highest BCUT2D eigenvalue weighted by Gasteiger charge is 2.44. The first-order chi connectivity index (χ1) is 13.3. The minimum absolute atomic E-state index is 0.00688. The predicted octanol–water partition coefficient (Wildman–Crippen LogP) is -5.41. The zero-order valence-electron chi connectivity index (χ0n) is 14.9. The van der Waals surface area contributed by atoms with Crippen molar-refractivity contribution in [3.05, 3.63) is 0 Å². The summed E-state index contributed by atoms with van der Waals surface area (Å²) >= 11 is 0. The molecule has 2 rings (SSSR count). The standard InChI is InChI=1S/C15H28O13/c16-3-6-8(17)11(20)13(22)15(28-6)26-2-1-24-5-25-4-7-9(18)10(19)12(21)14(23)27-7/h6-23H,1-5H2/t6-,7-,8-,9-,10+,11+,12+,13+,14+,15+/m1/s1. The molecule has 2 aliphatic heterocycles. The van der Waals surface area contributed by atoms with E-state index in [1.165, 1.54) is 0 Å². The third-order valence-corrected chi connectivity index (χ3v) is 4.49. The second kappa shape index (κ2) is 11.0. The van der Waals surface area contributed by atoms with Gasteiger partial charge in [-0.15, -0.1) is 0 Å². The Morgan fingerprint density at radius 2 is 1.29 bits per heavy atom. The lowest BCUT2D eigenvalue weighted by Gasteiger charge is -2.39. The minimum atomic E-state index is -1.65. The van der Waals surface area contributed by atoms with Crippen molar-refractivity contribution in [2.45, 2.75) is 61.4 Å². The molecular formula is C15H28O13. The van der Waals surface area contributed by atoms with Gasteiger partial charge in [-0.3, -0.25) is 0 Å². The molecule has 0 radical (unpaired) electrons. The first-order valence-electron chi connectivity index (χ1n) is 8.73. The fourth-order valence-corrected chi connectivity index (χ4v) is 2.78. The Morgan fingerprint density at radius 1 is 0.643 bits per heavy atom. The molecule has 2 saturated heterocycles. The summed E-state index contributed by atoms with van der Waals surface area (Å²) in [5.74, 6) is 0. The van der Waals surface area contributed by atoms with Crippen LogP contribution in [-0.2, 0) is 23.7 Å². The quantitative estimate of drug-likeness (QED) is 0.131. The van der Waals surface area contributed by atoms with Gasteiger partial charge in [-0.05, 0) is 0 Å². The number of ether oxygens (including phenoxy) is 5. The second-order valence-electron chi connectivity index (χ2n) is 6.50. The molecule has 166 valence electrons. The number of hydrogen-bond donors (Lipinski definition) is 8. The van der Waals surface area contributed by atoms with Gasteiger partial charge in [0, 0.05) is 0 Å². The zero-order valence-corrected chi connectivity index (χ0v) is 14.9. The average Bonchev–Trinajstić information content (AvgIpc) is 2.69. The molecule has 10 atom stereocenters. The van der Waals surface area contributed by atoms with E-state index in [1.807, 2.05) is 0 Å². The van der Waals surface area contributed by atoms with Gasteiger partial charge in [0.2, 0.25) is 0 Å². The molecule has 2 fully saturated rings. The van der Waals surface area contributed by atoms with Crippen molar-refractivity contribution in [1.82, 2.24) is 0 Å². The lowest BCUT2D eigenvalue weighted by molar-refractivity contribution is -0.304. The summed E-state index contributed by atoms with van der Waals surface area (Å²) in [6.45, 7) is -1.12. The van der Waals surface area contributed by atoms with E-state index in [1.54, 1.807) is 0 Å². The summed E-state index contributed by atoms with van der Waals surface area (Å²) in [5.41, 5.74) is 0. The Morgan fingerprint density at radius 3 is 1.96 bits per heavy atom. The van der Waals surface area contributed by atoms with Gasteiger partial charge >= 0.3 is 0 Å². The van der Waals surface area contributed by atoms with E-state index in [-0.39, 0.29) is 26.6 Å². The van der Waals surface area contributed by atoms with Crippen molar-refractivity contribution in [3.8, 4) is 0 Å². The van der Waals surface area contributed by atoms with Crippen LogP contribution >= 0.6 is 0 Å². The van der Waals surface area contributed by atoms with Crippen molar-refractivity contribution in [2.75, 3.05) is 33.2 Å². The van der Waals surface area contributed by atoms with Crippen LogP contribution in [-0.4, -0.2) is 135 Å². The maximum atomic E-state index is 9.79. The Bertz CT molecular complexity index is 452. The fraction of sp³-hybridized carbons (Fsp3) is 1.00. The van der Waals surface area contributed by atoms with Gasteiger partial charge in [0.15, 0.2) is 12.6 Å². The number of hydrogen-bond acceptors (Lipinski definition) is 13. The molecule has 8 N–H and O–H groups in total. The van der Waals surface area contributed by atoms with E-state index in [0.29, 0.717) is 0 Å². The van der Waals surface area contributed by atoms with Crippen LogP contribution in [0.25, 0.3) is 0 Å². The first-order valence-corrected chi connectivity index (χ1v) is 8.73. The van der Waals surface area contributed by atoms with Crippen molar-refractivity contribution < 1.29 is 64.5 Å². The largest absolute Gasteiger partial charge is 0.394 e. The molecule has 0 aromatic rings. The second-order valence-corrected chi connectivity index (χ2v) is 6.50. The summed E-state index contributed by atoms with van der Waals surface area (Å²) in [5, 5.41) is 76.2. The lowest BCUT2D eigenvalue weighted by atomic mass is 9.99. The third kappa shape index (κ3) is 5.76. The Hall–Kier alpha value is -0.520. The average molecular weight is 416 g/mol. The summed E-state index contributed by atoms with van der Waals surface area (Å²) in [7, 11) is 0. The molecule has 2 heterocycles. The van der Waals surface area contributed by atoms with Crippen molar-refractivity contribution in [3.63, 3.8) is 0 Å². The highest BCUT2D eigenvalue weighted by Crippen LogP contribution is 2.22. The molecule has 0 bridgehead atoms. The maximum Gasteiger partial charge on any atom is 0.186 e. The van der Waals surface area contributed by atoms with E-state index >= 15 is 0 Å². The van der Waals surface area contributed by atoms with Crippen LogP contribution in [0.2, 0.25) is 0 Å². The number of aliphatic hydroxyl groups is 8. The number of rotatable bonds is 9. The van der Waals surface area contributed by atoms with Gasteiger partial charge in [0.25, 0.3) is 0 Å². The molecule has 28 heavy (non-hydrogen) atoms. The van der Waals surface area contributed by atoms with E-state index in [4.69, 9.17) is 28.8 Å². The van der Waals surface area contributed by atoms with Gasteiger partial charge in [-0.1, -0.05) is 0 Å². The lowest BCUT2D eigenvalue weighted by Crippen LogP contribution is -2.59. The van der Waals surface area contributed by atoms with Crippen molar-refractivity contribution in [1.29, 1.82) is 0 Å². The minimum Gasteiger partial charge on any atom is -0.394 e. The summed E-state index contributed by atoms with van der Waals surface area (Å²) < 4.78 is 25.5. The molecule has 2 aliphatic rings. The molecule has 0 saturated carbocycles. The monoisotopic (exact) mass is 416 g/mol. The van der Waals surface area contributed by atoms with E-state index in [0.717, 1.165) is 0 Å². The SMILES string of the molecule is OC[C@H]1O[C@H](OCCOCOC[C@H]2O[C@H](O)[C@@H](O)[C@@H](O)[C@@H]2O)[C@@H](O)[C@@H](O)[C@@H]1O. The first kappa shape index (κ1) is 23.8. The Labute approximate surface area is 160 Å². The van der Waals surface area contributed by atoms with Crippen LogP contribution in [0.3, 0.4) is 0 Å². The van der Waals surface area contributed by atoms with Gasteiger partial charge in [0.1, 0.15) is 55.6 Å². The molecule has 0 spiro atoms. The topological polar surface area (TPSA) is 208 Å². The smallest absolute Gasteiger partial charge is 0.186 e. The normalized spacial score (nSPS) is 44.6. The van der Waals surface area contributed by atoms with Crippen molar-refractivity contribution >= 4 is 0 Å². The van der Waals surface area contributed by atoms with E-state index in [9.17, 15) is 35.7 Å². The maximum absolute atomic E-state index is 9.79. The van der Waals surface area contributed by atoms with Crippen LogP contribution in [0, 0.1) is 0 Å². The molecular weight excluding hydrogens is 388 g/mol. The molecule has 0 aromatic carbocycles. The number of aliphatic hydroxyl groups excluding tert-OH is 8. The zero-order chi connectivity index (χ0) is 20.8. The van der Waals surface area contributed by atoms with E-state index < -0.39 is 68.0 Å². The van der Waals surface area contributed by atoms with Gasteiger partial charge in [-0.25, -0.2) is 0 Å². The van der Waals surface area contributed by atoms with Crippen LogP contribution in [0.1, 0.15) is 0 Å². The van der Waals surface area contributed by atoms with Crippen LogP contribution in [0.5, 0.6) is 0 Å². The highest BCUT2D eigenvalue weighted by atomic mass is 16.7. The molecule has 0 unspecified atom stereocenters. The molecule has 0 amide bonds. The molecule has 13 heteroatoms. The Balaban J connectivity index is 1.59. The molecule has 0 aromatic heterocycles. The molecule has 0 aliphatic carbocycles. The van der Waals surface area contributed by atoms with Crippen LogP contribution in [0.15, 0.2) is 0 Å².